The summed E-state index contributed by atoms with van der Waals surface area (Å²) < 4.78 is 19.2. The molecule has 0 saturated heterocycles. The van der Waals surface area contributed by atoms with Crippen LogP contribution in [0.3, 0.4) is 0 Å². The molecule has 0 saturated carbocycles. The summed E-state index contributed by atoms with van der Waals surface area (Å²) in [7, 11) is 1.60. The van der Waals surface area contributed by atoms with Gasteiger partial charge in [0, 0.05) is 31.9 Å². The third kappa shape index (κ3) is 4.07. The molecule has 0 spiro atoms. The molecule has 1 atom stereocenters. The van der Waals surface area contributed by atoms with E-state index in [-0.39, 0.29) is 30.6 Å². The Hall–Kier alpha value is -4.41. The highest BCUT2D eigenvalue weighted by atomic mass is 19.1. The van der Waals surface area contributed by atoms with Gasteiger partial charge in [-0.15, -0.1) is 5.10 Å². The summed E-state index contributed by atoms with van der Waals surface area (Å²) in [4.78, 5) is 39.8. The molecule has 0 radical (unpaired) electrons. The van der Waals surface area contributed by atoms with Crippen molar-refractivity contribution in [2.45, 2.75) is 12.5 Å². The van der Waals surface area contributed by atoms with Crippen LogP contribution in [0.2, 0.25) is 0 Å². The second-order valence-corrected chi connectivity index (χ2v) is 7.51. The van der Waals surface area contributed by atoms with Crippen LogP contribution in [0.1, 0.15) is 22.0 Å². The maximum absolute atomic E-state index is 13.4. The Bertz CT molecular complexity index is 1370. The van der Waals surface area contributed by atoms with Crippen molar-refractivity contribution in [3.05, 3.63) is 71.8 Å². The van der Waals surface area contributed by atoms with Crippen LogP contribution in [0.4, 0.5) is 10.1 Å². The predicted octanol–water partition coefficient (Wildman–Crippen LogP) is 1.63. The summed E-state index contributed by atoms with van der Waals surface area (Å²) in [6, 6.07) is 8.53. The van der Waals surface area contributed by atoms with E-state index in [4.69, 9.17) is 4.74 Å². The Morgan fingerprint density at radius 1 is 1.24 bits per heavy atom. The van der Waals surface area contributed by atoms with Gasteiger partial charge in [-0.2, -0.15) is 0 Å². The topological polar surface area (TPSA) is 126 Å². The molecule has 0 fully saturated rings. The fraction of sp³-hybridized carbons (Fsp3) is 0.182. The van der Waals surface area contributed by atoms with E-state index in [0.29, 0.717) is 33.9 Å². The van der Waals surface area contributed by atoms with E-state index in [1.54, 1.807) is 43.7 Å². The SMILES string of the molecule is CN1C(=O)[C@@H](NC(=O)c2n[nH]c(Cc3cccc(F)c3)n2)COc2cc3nccnc3cc21. The van der Waals surface area contributed by atoms with Crippen molar-refractivity contribution in [3.8, 4) is 5.75 Å². The number of aromatic amines is 1. The minimum absolute atomic E-state index is 0.0751. The molecule has 3 heterocycles. The van der Waals surface area contributed by atoms with Gasteiger partial charge >= 0.3 is 0 Å². The van der Waals surface area contributed by atoms with E-state index in [0.717, 1.165) is 0 Å². The Morgan fingerprint density at radius 3 is 2.82 bits per heavy atom. The Morgan fingerprint density at radius 2 is 2.03 bits per heavy atom. The minimum atomic E-state index is -0.955. The molecule has 5 rings (SSSR count). The molecule has 33 heavy (non-hydrogen) atoms. The van der Waals surface area contributed by atoms with Gasteiger partial charge in [-0.05, 0) is 23.8 Å². The van der Waals surface area contributed by atoms with Crippen LogP contribution in [0.5, 0.6) is 5.75 Å². The maximum atomic E-state index is 13.4. The normalized spacial score (nSPS) is 15.6. The van der Waals surface area contributed by atoms with Crippen LogP contribution < -0.4 is 15.0 Å². The molecule has 0 unspecified atom stereocenters. The number of amides is 2. The van der Waals surface area contributed by atoms with Crippen molar-refractivity contribution in [1.29, 1.82) is 0 Å². The van der Waals surface area contributed by atoms with Crippen molar-refractivity contribution in [2.24, 2.45) is 0 Å². The monoisotopic (exact) mass is 447 g/mol. The molecule has 10 nitrogen and oxygen atoms in total. The molecule has 2 amide bonds. The largest absolute Gasteiger partial charge is 0.489 e. The lowest BCUT2D eigenvalue weighted by Crippen LogP contribution is -2.49. The number of aromatic nitrogens is 5. The minimum Gasteiger partial charge on any atom is -0.489 e. The molecular weight excluding hydrogens is 429 g/mol. The van der Waals surface area contributed by atoms with Gasteiger partial charge in [-0.1, -0.05) is 12.1 Å². The summed E-state index contributed by atoms with van der Waals surface area (Å²) >= 11 is 0. The third-order valence-electron chi connectivity index (χ3n) is 5.25. The Kier molecular flexibility index (Phi) is 5.13. The van der Waals surface area contributed by atoms with Crippen LogP contribution >= 0.6 is 0 Å². The van der Waals surface area contributed by atoms with Gasteiger partial charge in [0.05, 0.1) is 16.7 Å². The third-order valence-corrected chi connectivity index (χ3v) is 5.25. The highest BCUT2D eigenvalue weighted by Gasteiger charge is 2.32. The summed E-state index contributed by atoms with van der Waals surface area (Å²) in [6.45, 7) is -0.0751. The first-order valence-corrected chi connectivity index (χ1v) is 10.1. The molecule has 4 aromatic rings. The second-order valence-electron chi connectivity index (χ2n) is 7.51. The van der Waals surface area contributed by atoms with Crippen molar-refractivity contribution in [2.75, 3.05) is 18.6 Å². The average Bonchev–Trinajstić information content (AvgIpc) is 3.24. The molecule has 0 aliphatic carbocycles. The number of rotatable bonds is 4. The van der Waals surface area contributed by atoms with Crippen LogP contribution in [-0.2, 0) is 11.2 Å². The first-order valence-electron chi connectivity index (χ1n) is 10.1. The van der Waals surface area contributed by atoms with Gasteiger partial charge in [-0.3, -0.25) is 24.7 Å². The fourth-order valence-corrected chi connectivity index (χ4v) is 3.60. The van der Waals surface area contributed by atoms with Gasteiger partial charge in [0.25, 0.3) is 11.8 Å². The highest BCUT2D eigenvalue weighted by Crippen LogP contribution is 2.33. The van der Waals surface area contributed by atoms with Crippen molar-refractivity contribution < 1.29 is 18.7 Å². The smallest absolute Gasteiger partial charge is 0.291 e. The summed E-state index contributed by atoms with van der Waals surface area (Å²) in [6.07, 6.45) is 3.41. The van der Waals surface area contributed by atoms with Gasteiger partial charge < -0.3 is 15.0 Å². The first kappa shape index (κ1) is 20.5. The number of carbonyl (C=O) groups is 2. The van der Waals surface area contributed by atoms with E-state index >= 15 is 0 Å². The molecule has 166 valence electrons. The number of H-pyrrole nitrogens is 1. The standard InChI is InChI=1S/C22H18FN7O3/c1-30-17-9-14-15(25-6-5-24-14)10-18(17)33-11-16(22(30)32)26-21(31)20-27-19(28-29-20)8-12-3-2-4-13(23)7-12/h2-7,9-10,16H,8,11H2,1H3,(H,26,31)(H,27,28,29)/t16-/m0/s1. The molecular formula is C22H18FN7O3. The van der Waals surface area contributed by atoms with E-state index in [9.17, 15) is 14.0 Å². The number of hydrogen-bond donors (Lipinski definition) is 2. The van der Waals surface area contributed by atoms with Crippen molar-refractivity contribution in [3.63, 3.8) is 0 Å². The van der Waals surface area contributed by atoms with Crippen LogP contribution in [0, 0.1) is 5.82 Å². The molecule has 2 aromatic heterocycles. The number of carbonyl (C=O) groups excluding carboxylic acids is 2. The number of likely N-dealkylation sites (N-methyl/N-ethyl adjacent to an activating group) is 1. The van der Waals surface area contributed by atoms with Crippen LogP contribution in [-0.4, -0.2) is 56.7 Å². The molecule has 0 bridgehead atoms. The number of halogens is 1. The lowest BCUT2D eigenvalue weighted by Gasteiger charge is -2.20. The molecule has 11 heteroatoms. The number of ether oxygens (including phenoxy) is 1. The number of anilines is 1. The van der Waals surface area contributed by atoms with Crippen LogP contribution in [0.25, 0.3) is 11.0 Å². The average molecular weight is 447 g/mol. The zero-order valence-electron chi connectivity index (χ0n) is 17.4. The van der Waals surface area contributed by atoms with Crippen molar-refractivity contribution in [1.82, 2.24) is 30.5 Å². The second kappa shape index (κ2) is 8.26. The van der Waals surface area contributed by atoms with E-state index in [1.807, 2.05) is 0 Å². The fourth-order valence-electron chi connectivity index (χ4n) is 3.60. The molecule has 1 aliphatic rings. The molecule has 1 aliphatic heterocycles. The Balaban J connectivity index is 1.31. The number of fused-ring (bicyclic) bond motifs is 2. The quantitative estimate of drug-likeness (QED) is 0.487. The zero-order valence-corrected chi connectivity index (χ0v) is 17.4. The van der Waals surface area contributed by atoms with Crippen LogP contribution in [0.15, 0.2) is 48.8 Å². The Labute approximate surface area is 186 Å². The number of hydrogen-bond acceptors (Lipinski definition) is 7. The number of benzene rings is 2. The predicted molar refractivity (Wildman–Crippen MR) is 115 cm³/mol. The lowest BCUT2D eigenvalue weighted by molar-refractivity contribution is -0.120. The molecule has 2 N–H and O–H groups in total. The lowest BCUT2D eigenvalue weighted by atomic mass is 10.1. The summed E-state index contributed by atoms with van der Waals surface area (Å²) in [5.74, 6) is -0.622. The van der Waals surface area contributed by atoms with E-state index in [1.165, 1.54) is 17.0 Å². The number of nitrogens with zero attached hydrogens (tertiary/aromatic N) is 5. The summed E-state index contributed by atoms with van der Waals surface area (Å²) in [5.41, 5.74) is 2.46. The van der Waals surface area contributed by atoms with Crippen molar-refractivity contribution >= 4 is 28.5 Å². The highest BCUT2D eigenvalue weighted by molar-refractivity contribution is 6.03. The van der Waals surface area contributed by atoms with Gasteiger partial charge in [0.2, 0.25) is 5.82 Å². The first-order chi connectivity index (χ1) is 16.0. The van der Waals surface area contributed by atoms with Gasteiger partial charge in [0.1, 0.15) is 30.0 Å². The summed E-state index contributed by atoms with van der Waals surface area (Å²) in [5, 5.41) is 9.22. The zero-order chi connectivity index (χ0) is 22.9. The van der Waals surface area contributed by atoms with Gasteiger partial charge in [-0.25, -0.2) is 9.37 Å². The van der Waals surface area contributed by atoms with Gasteiger partial charge in [0.15, 0.2) is 0 Å². The maximum Gasteiger partial charge on any atom is 0.291 e. The van der Waals surface area contributed by atoms with E-state index in [2.05, 4.69) is 30.5 Å². The number of nitrogens with one attached hydrogen (secondary N) is 2. The molecule has 2 aromatic carbocycles. The van der Waals surface area contributed by atoms with E-state index < -0.39 is 11.9 Å².